The lowest BCUT2D eigenvalue weighted by Crippen LogP contribution is -2.18. The van der Waals surface area contributed by atoms with Gasteiger partial charge in [-0.05, 0) is 76.1 Å². The van der Waals surface area contributed by atoms with Crippen molar-refractivity contribution in [2.45, 2.75) is 12.5 Å². The van der Waals surface area contributed by atoms with Crippen LogP contribution in [0.25, 0.3) is 0 Å². The SMILES string of the molecule is CNC(Cc1ccsc1)c1ccc(I)c(Cl)c1. The third kappa shape index (κ3) is 3.44. The van der Waals surface area contributed by atoms with E-state index in [1.54, 1.807) is 11.3 Å². The van der Waals surface area contributed by atoms with Crippen LogP contribution in [-0.2, 0) is 6.42 Å². The largest absolute Gasteiger partial charge is 0.313 e. The van der Waals surface area contributed by atoms with Gasteiger partial charge >= 0.3 is 0 Å². The van der Waals surface area contributed by atoms with E-state index in [0.717, 1.165) is 15.0 Å². The van der Waals surface area contributed by atoms with Gasteiger partial charge in [0.1, 0.15) is 0 Å². The highest BCUT2D eigenvalue weighted by atomic mass is 127. The van der Waals surface area contributed by atoms with Crippen LogP contribution in [0.15, 0.2) is 35.0 Å². The third-order valence-corrected chi connectivity index (χ3v) is 5.02. The molecule has 17 heavy (non-hydrogen) atoms. The van der Waals surface area contributed by atoms with Crippen molar-refractivity contribution in [2.24, 2.45) is 0 Å². The maximum atomic E-state index is 6.16. The van der Waals surface area contributed by atoms with E-state index in [1.165, 1.54) is 11.1 Å². The molecule has 0 aliphatic heterocycles. The number of likely N-dealkylation sites (N-methyl/N-ethyl adjacent to an activating group) is 1. The van der Waals surface area contributed by atoms with Crippen LogP contribution in [0.1, 0.15) is 17.2 Å². The molecule has 0 saturated heterocycles. The molecule has 0 amide bonds. The van der Waals surface area contributed by atoms with Crippen LogP contribution in [0, 0.1) is 3.57 Å². The molecule has 0 radical (unpaired) electrons. The Balaban J connectivity index is 2.20. The number of thiophene rings is 1. The summed E-state index contributed by atoms with van der Waals surface area (Å²) in [6.07, 6.45) is 0.997. The molecular formula is C13H13ClINS. The normalized spacial score (nSPS) is 12.6. The minimum absolute atomic E-state index is 0.319. The molecule has 1 nitrogen and oxygen atoms in total. The molecule has 1 N–H and O–H groups in total. The van der Waals surface area contributed by atoms with Crippen LogP contribution >= 0.6 is 45.5 Å². The zero-order valence-electron chi connectivity index (χ0n) is 9.41. The van der Waals surface area contributed by atoms with E-state index in [2.05, 4.69) is 62.9 Å². The summed E-state index contributed by atoms with van der Waals surface area (Å²) in [6, 6.07) is 8.75. The predicted molar refractivity (Wildman–Crippen MR) is 84.0 cm³/mol. The van der Waals surface area contributed by atoms with Crippen LogP contribution in [0.3, 0.4) is 0 Å². The summed E-state index contributed by atoms with van der Waals surface area (Å²) in [5, 5.41) is 8.48. The van der Waals surface area contributed by atoms with Crippen molar-refractivity contribution in [1.29, 1.82) is 0 Å². The number of hydrogen-bond donors (Lipinski definition) is 1. The molecule has 0 aliphatic rings. The molecule has 0 spiro atoms. The van der Waals surface area contributed by atoms with Crippen molar-refractivity contribution in [3.8, 4) is 0 Å². The van der Waals surface area contributed by atoms with E-state index in [-0.39, 0.29) is 0 Å². The fourth-order valence-corrected chi connectivity index (χ4v) is 2.97. The van der Waals surface area contributed by atoms with E-state index in [9.17, 15) is 0 Å². The first-order valence-corrected chi connectivity index (χ1v) is 7.74. The molecule has 1 heterocycles. The molecule has 1 unspecified atom stereocenters. The lowest BCUT2D eigenvalue weighted by Gasteiger charge is -2.16. The molecule has 1 aromatic heterocycles. The minimum Gasteiger partial charge on any atom is -0.313 e. The van der Waals surface area contributed by atoms with E-state index in [1.807, 2.05) is 7.05 Å². The summed E-state index contributed by atoms with van der Waals surface area (Å²) < 4.78 is 1.10. The molecule has 90 valence electrons. The topological polar surface area (TPSA) is 12.0 Å². The summed E-state index contributed by atoms with van der Waals surface area (Å²) in [5.41, 5.74) is 2.60. The van der Waals surface area contributed by atoms with Crippen molar-refractivity contribution in [2.75, 3.05) is 7.05 Å². The maximum Gasteiger partial charge on any atom is 0.0542 e. The van der Waals surface area contributed by atoms with Gasteiger partial charge in [0.25, 0.3) is 0 Å². The summed E-state index contributed by atoms with van der Waals surface area (Å²) in [6.45, 7) is 0. The van der Waals surface area contributed by atoms with Gasteiger partial charge in [-0.15, -0.1) is 0 Å². The Kier molecular flexibility index (Phi) is 4.85. The molecule has 1 aromatic carbocycles. The van der Waals surface area contributed by atoms with Gasteiger partial charge in [-0.2, -0.15) is 11.3 Å². The lowest BCUT2D eigenvalue weighted by atomic mass is 10.0. The Morgan fingerprint density at radius 2 is 2.24 bits per heavy atom. The third-order valence-electron chi connectivity index (χ3n) is 2.71. The molecule has 4 heteroatoms. The fraction of sp³-hybridized carbons (Fsp3) is 0.231. The smallest absolute Gasteiger partial charge is 0.0542 e. The second kappa shape index (κ2) is 6.18. The van der Waals surface area contributed by atoms with E-state index in [0.29, 0.717) is 6.04 Å². The number of benzene rings is 1. The number of halogens is 2. The van der Waals surface area contributed by atoms with E-state index < -0.39 is 0 Å². The Hall–Kier alpha value is -0.100. The van der Waals surface area contributed by atoms with Crippen molar-refractivity contribution in [1.82, 2.24) is 5.32 Å². The minimum atomic E-state index is 0.319. The fourth-order valence-electron chi connectivity index (χ4n) is 1.76. The predicted octanol–water partition coefficient (Wildman–Crippen LogP) is 4.51. The highest BCUT2D eigenvalue weighted by molar-refractivity contribution is 14.1. The molecule has 0 fully saturated rings. The first kappa shape index (κ1) is 13.3. The average Bonchev–Trinajstić information content (AvgIpc) is 2.82. The molecule has 0 aliphatic carbocycles. The quantitative estimate of drug-likeness (QED) is 0.773. The van der Waals surface area contributed by atoms with Gasteiger partial charge in [-0.1, -0.05) is 17.7 Å². The molecule has 2 aromatic rings. The van der Waals surface area contributed by atoms with Crippen molar-refractivity contribution >= 4 is 45.5 Å². The first-order valence-electron chi connectivity index (χ1n) is 5.34. The Morgan fingerprint density at radius 3 is 2.82 bits per heavy atom. The van der Waals surface area contributed by atoms with Crippen molar-refractivity contribution in [3.05, 3.63) is 54.7 Å². The Morgan fingerprint density at radius 1 is 1.41 bits per heavy atom. The molecule has 1 atom stereocenters. The number of hydrogen-bond acceptors (Lipinski definition) is 2. The van der Waals surface area contributed by atoms with Crippen molar-refractivity contribution < 1.29 is 0 Å². The molecular weight excluding hydrogens is 365 g/mol. The van der Waals surface area contributed by atoms with Crippen molar-refractivity contribution in [3.63, 3.8) is 0 Å². The van der Waals surface area contributed by atoms with Gasteiger partial charge in [0.2, 0.25) is 0 Å². The van der Waals surface area contributed by atoms with Gasteiger partial charge < -0.3 is 5.32 Å². The van der Waals surface area contributed by atoms with Crippen LogP contribution in [0.5, 0.6) is 0 Å². The maximum absolute atomic E-state index is 6.16. The van der Waals surface area contributed by atoms with Gasteiger partial charge in [-0.25, -0.2) is 0 Å². The zero-order chi connectivity index (χ0) is 12.3. The summed E-state index contributed by atoms with van der Waals surface area (Å²) in [7, 11) is 1.99. The summed E-state index contributed by atoms with van der Waals surface area (Å²) in [5.74, 6) is 0. The highest BCUT2D eigenvalue weighted by Crippen LogP contribution is 2.25. The van der Waals surface area contributed by atoms with Gasteiger partial charge in [0.15, 0.2) is 0 Å². The Labute approximate surface area is 124 Å². The molecule has 2 rings (SSSR count). The van der Waals surface area contributed by atoms with Crippen LogP contribution in [-0.4, -0.2) is 7.05 Å². The zero-order valence-corrected chi connectivity index (χ0v) is 13.1. The van der Waals surface area contributed by atoms with Gasteiger partial charge in [0.05, 0.1) is 5.02 Å². The monoisotopic (exact) mass is 377 g/mol. The van der Waals surface area contributed by atoms with Crippen LogP contribution < -0.4 is 5.32 Å². The second-order valence-corrected chi connectivity index (χ2v) is 6.20. The number of nitrogens with one attached hydrogen (secondary N) is 1. The Bertz CT molecular complexity index is 484. The van der Waals surface area contributed by atoms with Gasteiger partial charge in [0, 0.05) is 9.61 Å². The molecule has 0 bridgehead atoms. The average molecular weight is 378 g/mol. The first-order chi connectivity index (χ1) is 8.20. The standard InChI is InChI=1S/C13H13ClINS/c1-16-13(6-9-4-5-17-8-9)10-2-3-12(15)11(14)7-10/h2-5,7-8,13,16H,6H2,1H3. The van der Waals surface area contributed by atoms with Crippen LogP contribution in [0.2, 0.25) is 5.02 Å². The highest BCUT2D eigenvalue weighted by Gasteiger charge is 2.11. The summed E-state index contributed by atoms with van der Waals surface area (Å²) >= 11 is 10.1. The van der Waals surface area contributed by atoms with Crippen LogP contribution in [0.4, 0.5) is 0 Å². The van der Waals surface area contributed by atoms with Gasteiger partial charge in [-0.3, -0.25) is 0 Å². The second-order valence-electron chi connectivity index (χ2n) is 3.85. The summed E-state index contributed by atoms with van der Waals surface area (Å²) in [4.78, 5) is 0. The number of rotatable bonds is 4. The lowest BCUT2D eigenvalue weighted by molar-refractivity contribution is 0.593. The molecule has 0 saturated carbocycles. The van der Waals surface area contributed by atoms with E-state index in [4.69, 9.17) is 11.6 Å². The van der Waals surface area contributed by atoms with E-state index >= 15 is 0 Å².